The summed E-state index contributed by atoms with van der Waals surface area (Å²) in [6.45, 7) is 5.52. The predicted molar refractivity (Wildman–Crippen MR) is 132 cm³/mol. The molecule has 0 spiro atoms. The number of morpholine rings is 1. The first-order chi connectivity index (χ1) is 16.3. The highest BCUT2D eigenvalue weighted by atomic mass is 16.5. The molecule has 1 aliphatic carbocycles. The summed E-state index contributed by atoms with van der Waals surface area (Å²) in [5.41, 5.74) is 4.08. The number of hydrogen-bond donors (Lipinski definition) is 1. The van der Waals surface area contributed by atoms with E-state index in [0.29, 0.717) is 6.04 Å². The van der Waals surface area contributed by atoms with Crippen LogP contribution < -0.4 is 15.1 Å². The third kappa shape index (κ3) is 4.24. The van der Waals surface area contributed by atoms with E-state index in [-0.39, 0.29) is 0 Å². The lowest BCUT2D eigenvalue weighted by Gasteiger charge is -2.29. The molecule has 4 heterocycles. The number of hydrogen-bond acceptors (Lipinski definition) is 7. The van der Waals surface area contributed by atoms with E-state index in [1.54, 1.807) is 0 Å². The van der Waals surface area contributed by atoms with Crippen molar-refractivity contribution in [2.24, 2.45) is 0 Å². The molecule has 2 saturated heterocycles. The molecule has 3 aliphatic rings. The van der Waals surface area contributed by atoms with E-state index >= 15 is 0 Å². The van der Waals surface area contributed by atoms with Crippen LogP contribution in [-0.2, 0) is 4.74 Å². The topological polar surface area (TPSA) is 71.3 Å². The zero-order valence-electron chi connectivity index (χ0n) is 19.2. The van der Waals surface area contributed by atoms with Gasteiger partial charge in [-0.2, -0.15) is 9.97 Å². The summed E-state index contributed by atoms with van der Waals surface area (Å²) in [4.78, 5) is 19.5. The molecule has 1 N–H and O–H groups in total. The standard InChI is InChI=1S/C25H33N7O/c1-4-12-31(13-5-1)25-28-23(22-24(29-25)32(18-26-22)21-6-2-3-7-21)27-19-8-10-20(11-9-19)30-14-16-33-17-15-30/h8-11,18,21H,1-7,12-17H2,(H,27,28,29). The molecule has 3 fully saturated rings. The van der Waals surface area contributed by atoms with E-state index in [4.69, 9.17) is 19.7 Å². The van der Waals surface area contributed by atoms with Crippen molar-refractivity contribution < 1.29 is 4.74 Å². The number of piperidine rings is 1. The molecule has 0 amide bonds. The number of aromatic nitrogens is 4. The molecule has 1 aromatic carbocycles. The van der Waals surface area contributed by atoms with Gasteiger partial charge in [-0.25, -0.2) is 4.98 Å². The van der Waals surface area contributed by atoms with Crippen LogP contribution in [0.2, 0.25) is 0 Å². The van der Waals surface area contributed by atoms with Crippen molar-refractivity contribution in [3.8, 4) is 0 Å². The predicted octanol–water partition coefficient (Wildman–Crippen LogP) is 4.51. The third-order valence-electron chi connectivity index (χ3n) is 7.27. The summed E-state index contributed by atoms with van der Waals surface area (Å²) in [6.07, 6.45) is 10.7. The van der Waals surface area contributed by atoms with E-state index in [1.807, 2.05) is 6.33 Å². The van der Waals surface area contributed by atoms with Crippen LogP contribution in [-0.4, -0.2) is 58.9 Å². The van der Waals surface area contributed by atoms with E-state index < -0.39 is 0 Å². The van der Waals surface area contributed by atoms with E-state index in [1.165, 1.54) is 50.6 Å². The first kappa shape index (κ1) is 20.7. The fraction of sp³-hybridized carbons (Fsp3) is 0.560. The van der Waals surface area contributed by atoms with Gasteiger partial charge in [0.2, 0.25) is 5.95 Å². The van der Waals surface area contributed by atoms with Crippen LogP contribution in [0.15, 0.2) is 30.6 Å². The minimum Gasteiger partial charge on any atom is -0.378 e. The molecule has 0 radical (unpaired) electrons. The molecule has 2 aromatic heterocycles. The van der Waals surface area contributed by atoms with Crippen LogP contribution in [0.3, 0.4) is 0 Å². The van der Waals surface area contributed by atoms with Crippen molar-refractivity contribution in [2.75, 3.05) is 54.5 Å². The molecule has 2 aliphatic heterocycles. The highest BCUT2D eigenvalue weighted by Gasteiger charge is 2.24. The molecule has 8 heteroatoms. The highest BCUT2D eigenvalue weighted by Crippen LogP contribution is 2.34. The fourth-order valence-corrected chi connectivity index (χ4v) is 5.39. The number of nitrogens with zero attached hydrogens (tertiary/aromatic N) is 6. The van der Waals surface area contributed by atoms with Gasteiger partial charge in [-0.1, -0.05) is 12.8 Å². The van der Waals surface area contributed by atoms with Gasteiger partial charge in [0.15, 0.2) is 17.0 Å². The van der Waals surface area contributed by atoms with Gasteiger partial charge in [0.25, 0.3) is 0 Å². The SMILES string of the molecule is c1cc(N2CCOCC2)ccc1Nc1nc(N2CCCCC2)nc2c1ncn2C1CCCC1. The van der Waals surface area contributed by atoms with Crippen LogP contribution in [0.5, 0.6) is 0 Å². The Bertz CT molecular complexity index is 1080. The normalized spacial score (nSPS) is 20.0. The smallest absolute Gasteiger partial charge is 0.229 e. The van der Waals surface area contributed by atoms with Crippen LogP contribution in [0.25, 0.3) is 11.2 Å². The van der Waals surface area contributed by atoms with E-state index in [9.17, 15) is 0 Å². The minimum atomic E-state index is 0.500. The zero-order valence-corrected chi connectivity index (χ0v) is 19.2. The van der Waals surface area contributed by atoms with E-state index in [2.05, 4.69) is 43.9 Å². The molecule has 33 heavy (non-hydrogen) atoms. The third-order valence-corrected chi connectivity index (χ3v) is 7.27. The van der Waals surface area contributed by atoms with Crippen LogP contribution in [0, 0.1) is 0 Å². The first-order valence-corrected chi connectivity index (χ1v) is 12.5. The highest BCUT2D eigenvalue weighted by molar-refractivity contribution is 5.87. The van der Waals surface area contributed by atoms with Gasteiger partial charge in [-0.15, -0.1) is 0 Å². The molecular weight excluding hydrogens is 414 g/mol. The lowest BCUT2D eigenvalue weighted by atomic mass is 10.1. The van der Waals surface area contributed by atoms with Crippen LogP contribution in [0.1, 0.15) is 51.0 Å². The summed E-state index contributed by atoms with van der Waals surface area (Å²) in [6, 6.07) is 9.11. The second-order valence-electron chi connectivity index (χ2n) is 9.45. The van der Waals surface area contributed by atoms with Crippen molar-refractivity contribution in [3.05, 3.63) is 30.6 Å². The zero-order chi connectivity index (χ0) is 22.0. The summed E-state index contributed by atoms with van der Waals surface area (Å²) < 4.78 is 7.78. The van der Waals surface area contributed by atoms with Crippen molar-refractivity contribution in [1.82, 2.24) is 19.5 Å². The Hall–Kier alpha value is -2.87. The summed E-state index contributed by atoms with van der Waals surface area (Å²) in [5.74, 6) is 1.63. The minimum absolute atomic E-state index is 0.500. The Morgan fingerprint density at radius 1 is 0.818 bits per heavy atom. The monoisotopic (exact) mass is 447 g/mol. The number of benzene rings is 1. The Kier molecular flexibility index (Phi) is 5.76. The maximum Gasteiger partial charge on any atom is 0.229 e. The molecule has 1 saturated carbocycles. The van der Waals surface area contributed by atoms with Gasteiger partial charge in [0, 0.05) is 43.6 Å². The quantitative estimate of drug-likeness (QED) is 0.617. The van der Waals surface area contributed by atoms with Crippen LogP contribution in [0.4, 0.5) is 23.1 Å². The molecule has 0 unspecified atom stereocenters. The number of fused-ring (bicyclic) bond motifs is 1. The van der Waals surface area contributed by atoms with E-state index in [0.717, 1.165) is 68.0 Å². The number of anilines is 4. The second kappa shape index (κ2) is 9.17. The number of rotatable bonds is 5. The fourth-order valence-electron chi connectivity index (χ4n) is 5.39. The van der Waals surface area contributed by atoms with Gasteiger partial charge < -0.3 is 24.4 Å². The molecule has 0 bridgehead atoms. The lowest BCUT2D eigenvalue weighted by Crippen LogP contribution is -2.36. The molecule has 0 atom stereocenters. The Labute approximate surface area is 195 Å². The van der Waals surface area contributed by atoms with Gasteiger partial charge in [0.05, 0.1) is 19.5 Å². The van der Waals surface area contributed by atoms with Crippen molar-refractivity contribution in [3.63, 3.8) is 0 Å². The average molecular weight is 448 g/mol. The van der Waals surface area contributed by atoms with Gasteiger partial charge in [-0.3, -0.25) is 0 Å². The lowest BCUT2D eigenvalue weighted by molar-refractivity contribution is 0.122. The van der Waals surface area contributed by atoms with Crippen LogP contribution >= 0.6 is 0 Å². The van der Waals surface area contributed by atoms with Gasteiger partial charge in [0.1, 0.15) is 0 Å². The second-order valence-corrected chi connectivity index (χ2v) is 9.45. The first-order valence-electron chi connectivity index (χ1n) is 12.5. The van der Waals surface area contributed by atoms with Gasteiger partial charge >= 0.3 is 0 Å². The van der Waals surface area contributed by atoms with Gasteiger partial charge in [-0.05, 0) is 56.4 Å². The molecule has 6 rings (SSSR count). The maximum absolute atomic E-state index is 5.48. The van der Waals surface area contributed by atoms with Crippen molar-refractivity contribution in [2.45, 2.75) is 51.0 Å². The molecule has 3 aromatic rings. The Morgan fingerprint density at radius 2 is 1.58 bits per heavy atom. The van der Waals surface area contributed by atoms with Crippen molar-refractivity contribution >= 4 is 34.3 Å². The number of imidazole rings is 1. The Morgan fingerprint density at radius 3 is 2.33 bits per heavy atom. The summed E-state index contributed by atoms with van der Waals surface area (Å²) >= 11 is 0. The van der Waals surface area contributed by atoms with Crippen molar-refractivity contribution in [1.29, 1.82) is 0 Å². The average Bonchev–Trinajstić information content (AvgIpc) is 3.56. The summed E-state index contributed by atoms with van der Waals surface area (Å²) in [7, 11) is 0. The molecule has 174 valence electrons. The molecule has 8 nitrogen and oxygen atoms in total. The largest absolute Gasteiger partial charge is 0.378 e. The maximum atomic E-state index is 5.48. The molecular formula is C25H33N7O. The summed E-state index contributed by atoms with van der Waals surface area (Å²) in [5, 5.41) is 3.56. The number of nitrogens with one attached hydrogen (secondary N) is 1. The number of ether oxygens (including phenoxy) is 1. The Balaban J connectivity index is 1.33.